The van der Waals surface area contributed by atoms with E-state index in [4.69, 9.17) is 5.11 Å². The zero-order valence-electron chi connectivity index (χ0n) is 9.23. The van der Waals surface area contributed by atoms with Crippen LogP contribution >= 0.6 is 0 Å². The van der Waals surface area contributed by atoms with Gasteiger partial charge in [-0.15, -0.1) is 5.10 Å². The third-order valence-electron chi connectivity index (χ3n) is 1.98. The van der Waals surface area contributed by atoms with Crippen molar-refractivity contribution >= 4 is 17.8 Å². The minimum Gasteiger partial charge on any atom is -0.477 e. The third kappa shape index (κ3) is 2.45. The molecule has 92 valence electrons. The van der Waals surface area contributed by atoms with Crippen LogP contribution in [0.3, 0.4) is 0 Å². The maximum Gasteiger partial charge on any atom is 0.354 e. The van der Waals surface area contributed by atoms with Crippen molar-refractivity contribution in [3.63, 3.8) is 0 Å². The summed E-state index contributed by atoms with van der Waals surface area (Å²) in [6.45, 7) is 0. The van der Waals surface area contributed by atoms with Gasteiger partial charge in [0.1, 0.15) is 5.69 Å². The fourth-order valence-corrected chi connectivity index (χ4v) is 1.16. The number of hydrogen-bond donors (Lipinski definition) is 2. The van der Waals surface area contributed by atoms with E-state index in [1.54, 1.807) is 7.05 Å². The van der Waals surface area contributed by atoms with E-state index in [1.165, 1.54) is 16.9 Å². The van der Waals surface area contributed by atoms with E-state index in [0.717, 1.165) is 6.20 Å². The molecule has 9 nitrogen and oxygen atoms in total. The maximum atomic E-state index is 11.7. The minimum atomic E-state index is -1.16. The molecule has 0 aliphatic rings. The van der Waals surface area contributed by atoms with Crippen molar-refractivity contribution in [1.82, 2.24) is 25.2 Å². The first-order valence-corrected chi connectivity index (χ1v) is 4.81. The van der Waals surface area contributed by atoms with Gasteiger partial charge in [-0.2, -0.15) is 4.80 Å². The number of rotatable bonds is 3. The van der Waals surface area contributed by atoms with Gasteiger partial charge in [-0.3, -0.25) is 10.1 Å². The Morgan fingerprint density at radius 3 is 2.67 bits per heavy atom. The molecule has 0 atom stereocenters. The second kappa shape index (κ2) is 4.57. The number of pyridine rings is 1. The van der Waals surface area contributed by atoms with E-state index in [0.29, 0.717) is 0 Å². The second-order valence-corrected chi connectivity index (χ2v) is 3.29. The molecule has 2 aromatic rings. The molecule has 0 radical (unpaired) electrons. The highest BCUT2D eigenvalue weighted by atomic mass is 16.4. The van der Waals surface area contributed by atoms with Crippen LogP contribution in [0.2, 0.25) is 0 Å². The number of aryl methyl sites for hydroxylation is 1. The fraction of sp³-hybridized carbons (Fsp3) is 0.111. The quantitative estimate of drug-likeness (QED) is 0.754. The molecule has 1 amide bonds. The van der Waals surface area contributed by atoms with Crippen LogP contribution in [0.4, 0.5) is 5.95 Å². The molecule has 0 saturated heterocycles. The Balaban J connectivity index is 2.11. The van der Waals surface area contributed by atoms with Crippen LogP contribution in [0.15, 0.2) is 18.3 Å². The van der Waals surface area contributed by atoms with E-state index >= 15 is 0 Å². The molecule has 0 bridgehead atoms. The maximum absolute atomic E-state index is 11.7. The van der Waals surface area contributed by atoms with Crippen molar-refractivity contribution in [3.8, 4) is 0 Å². The van der Waals surface area contributed by atoms with E-state index < -0.39 is 11.9 Å². The first-order chi connectivity index (χ1) is 8.56. The summed E-state index contributed by atoms with van der Waals surface area (Å²) in [5.41, 5.74) is 0.0663. The molecule has 9 heteroatoms. The summed E-state index contributed by atoms with van der Waals surface area (Å²) in [4.78, 5) is 27.1. The average molecular weight is 248 g/mol. The van der Waals surface area contributed by atoms with Crippen LogP contribution in [-0.2, 0) is 7.05 Å². The van der Waals surface area contributed by atoms with Crippen molar-refractivity contribution in [2.75, 3.05) is 5.32 Å². The van der Waals surface area contributed by atoms with Gasteiger partial charge >= 0.3 is 5.97 Å². The fourth-order valence-electron chi connectivity index (χ4n) is 1.16. The molecular weight excluding hydrogens is 240 g/mol. The Kier molecular flexibility index (Phi) is 2.96. The largest absolute Gasteiger partial charge is 0.477 e. The number of hydrogen-bond acceptors (Lipinski definition) is 6. The molecule has 2 N–H and O–H groups in total. The summed E-state index contributed by atoms with van der Waals surface area (Å²) < 4.78 is 0. The molecule has 0 unspecified atom stereocenters. The van der Waals surface area contributed by atoms with Crippen molar-refractivity contribution in [2.45, 2.75) is 0 Å². The van der Waals surface area contributed by atoms with Crippen molar-refractivity contribution in [1.29, 1.82) is 0 Å². The standard InChI is InChI=1S/C9H8N6O3/c1-15-13-9(12-14-15)11-7(16)5-2-3-6(8(17)18)10-4-5/h2-4H,1H3,(H,17,18)(H,11,13,16). The molecule has 0 fully saturated rings. The monoisotopic (exact) mass is 248 g/mol. The van der Waals surface area contributed by atoms with E-state index in [2.05, 4.69) is 25.7 Å². The number of carbonyl (C=O) groups excluding carboxylic acids is 1. The highest BCUT2D eigenvalue weighted by Crippen LogP contribution is 2.03. The number of carboxylic acids is 1. The number of aromatic nitrogens is 5. The molecule has 2 rings (SSSR count). The first-order valence-electron chi connectivity index (χ1n) is 4.81. The summed E-state index contributed by atoms with van der Waals surface area (Å²) in [7, 11) is 1.56. The average Bonchev–Trinajstić information content (AvgIpc) is 2.75. The zero-order valence-corrected chi connectivity index (χ0v) is 9.23. The Morgan fingerprint density at radius 1 is 1.39 bits per heavy atom. The molecule has 0 aromatic carbocycles. The molecule has 2 aromatic heterocycles. The molecular formula is C9H8N6O3. The van der Waals surface area contributed by atoms with Crippen LogP contribution in [0.25, 0.3) is 0 Å². The molecule has 0 aliphatic carbocycles. The van der Waals surface area contributed by atoms with Gasteiger partial charge in [-0.25, -0.2) is 9.78 Å². The van der Waals surface area contributed by atoms with Crippen molar-refractivity contribution in [2.24, 2.45) is 7.05 Å². The Labute approximate surface area is 100 Å². The van der Waals surface area contributed by atoms with Gasteiger partial charge in [-0.1, -0.05) is 5.10 Å². The Hall–Kier alpha value is -2.84. The highest BCUT2D eigenvalue weighted by molar-refractivity contribution is 6.03. The van der Waals surface area contributed by atoms with Crippen LogP contribution in [0.5, 0.6) is 0 Å². The highest BCUT2D eigenvalue weighted by Gasteiger charge is 2.11. The van der Waals surface area contributed by atoms with Gasteiger partial charge in [-0.05, 0) is 17.3 Å². The van der Waals surface area contributed by atoms with Crippen molar-refractivity contribution in [3.05, 3.63) is 29.6 Å². The summed E-state index contributed by atoms with van der Waals surface area (Å²) in [6, 6.07) is 2.59. The van der Waals surface area contributed by atoms with E-state index in [9.17, 15) is 9.59 Å². The molecule has 0 aliphatic heterocycles. The van der Waals surface area contributed by atoms with Gasteiger partial charge in [0.25, 0.3) is 11.9 Å². The summed E-state index contributed by atoms with van der Waals surface area (Å²) >= 11 is 0. The molecule has 18 heavy (non-hydrogen) atoms. The van der Waals surface area contributed by atoms with Gasteiger partial charge in [0.2, 0.25) is 0 Å². The second-order valence-electron chi connectivity index (χ2n) is 3.29. The SMILES string of the molecule is Cn1nnc(NC(=O)c2ccc(C(=O)O)nc2)n1. The van der Waals surface area contributed by atoms with Gasteiger partial charge in [0.05, 0.1) is 12.6 Å². The van der Waals surface area contributed by atoms with Gasteiger partial charge < -0.3 is 5.11 Å². The lowest BCUT2D eigenvalue weighted by molar-refractivity contribution is 0.0690. The van der Waals surface area contributed by atoms with Crippen LogP contribution in [-0.4, -0.2) is 42.2 Å². The number of tetrazole rings is 1. The Bertz CT molecular complexity index is 591. The van der Waals surface area contributed by atoms with Crippen LogP contribution < -0.4 is 5.32 Å². The lowest BCUT2D eigenvalue weighted by atomic mass is 10.2. The van der Waals surface area contributed by atoms with Crippen LogP contribution in [0.1, 0.15) is 20.8 Å². The predicted octanol–water partition coefficient (Wildman–Crippen LogP) is -0.444. The number of aromatic carboxylic acids is 1. The lowest BCUT2D eigenvalue weighted by Gasteiger charge is -2.00. The normalized spacial score (nSPS) is 10.1. The summed E-state index contributed by atoms with van der Waals surface area (Å²) in [6.07, 6.45) is 1.16. The number of amides is 1. The molecule has 2 heterocycles. The molecule has 0 saturated carbocycles. The molecule has 0 spiro atoms. The number of nitrogens with zero attached hydrogens (tertiary/aromatic N) is 5. The number of carbonyl (C=O) groups is 2. The van der Waals surface area contributed by atoms with Crippen LogP contribution in [0, 0.1) is 0 Å². The van der Waals surface area contributed by atoms with E-state index in [-0.39, 0.29) is 17.2 Å². The summed E-state index contributed by atoms with van der Waals surface area (Å²) in [5, 5.41) is 22.0. The Morgan fingerprint density at radius 2 is 2.17 bits per heavy atom. The number of carboxylic acid groups (broad SMARTS) is 1. The third-order valence-corrected chi connectivity index (χ3v) is 1.98. The lowest BCUT2D eigenvalue weighted by Crippen LogP contribution is -2.14. The van der Waals surface area contributed by atoms with Gasteiger partial charge in [0, 0.05) is 6.20 Å². The predicted molar refractivity (Wildman–Crippen MR) is 57.9 cm³/mol. The topological polar surface area (TPSA) is 123 Å². The zero-order chi connectivity index (χ0) is 13.1. The number of anilines is 1. The first kappa shape index (κ1) is 11.6. The number of nitrogens with one attached hydrogen (secondary N) is 1. The van der Waals surface area contributed by atoms with Crippen molar-refractivity contribution < 1.29 is 14.7 Å². The smallest absolute Gasteiger partial charge is 0.354 e. The summed E-state index contributed by atoms with van der Waals surface area (Å²) in [5.74, 6) is -1.59. The van der Waals surface area contributed by atoms with E-state index in [1.807, 2.05) is 0 Å². The van der Waals surface area contributed by atoms with Gasteiger partial charge in [0.15, 0.2) is 0 Å². The minimum absolute atomic E-state index is 0.0600.